The molecule has 1 aliphatic heterocycles. The summed E-state index contributed by atoms with van der Waals surface area (Å²) < 4.78 is 59.6. The lowest BCUT2D eigenvalue weighted by Gasteiger charge is -2.32. The third-order valence-electron chi connectivity index (χ3n) is 5.82. The molecule has 1 aliphatic rings. The Morgan fingerprint density at radius 3 is 2.31 bits per heavy atom. The standard InChI is InChI=1S/C24H28BF3N2O5/c1-22(2)23(3,4)35-25(34-22)18(14-30-21(31)32-15-16-8-6-5-7-9-16)12-17-10-11-19(29)20(13-17)33-24(26,27)28/h5-13H,14-15,29H2,1-4H3,(H,30,31). The van der Waals surface area contributed by atoms with Gasteiger partial charge in [-0.05, 0) is 56.4 Å². The van der Waals surface area contributed by atoms with Crippen molar-refractivity contribution in [3.05, 3.63) is 65.1 Å². The zero-order chi connectivity index (χ0) is 25.9. The molecule has 3 N–H and O–H groups in total. The molecule has 1 amide bonds. The smallest absolute Gasteiger partial charge is 0.445 e. The molecule has 0 spiro atoms. The van der Waals surface area contributed by atoms with Crippen molar-refractivity contribution in [2.45, 2.75) is 51.9 Å². The van der Waals surface area contributed by atoms with E-state index in [1.165, 1.54) is 12.1 Å². The minimum absolute atomic E-state index is 0.0374. The highest BCUT2D eigenvalue weighted by molar-refractivity contribution is 6.56. The van der Waals surface area contributed by atoms with Gasteiger partial charge in [0.2, 0.25) is 0 Å². The van der Waals surface area contributed by atoms with Crippen molar-refractivity contribution in [3.8, 4) is 5.75 Å². The predicted octanol–water partition coefficient (Wildman–Crippen LogP) is 5.11. The summed E-state index contributed by atoms with van der Waals surface area (Å²) in [7, 11) is -0.862. The number of hydrogen-bond donors (Lipinski definition) is 2. The summed E-state index contributed by atoms with van der Waals surface area (Å²) in [6, 6.07) is 13.1. The van der Waals surface area contributed by atoms with Gasteiger partial charge in [-0.2, -0.15) is 0 Å². The molecule has 11 heteroatoms. The minimum Gasteiger partial charge on any atom is -0.445 e. The van der Waals surface area contributed by atoms with E-state index in [9.17, 15) is 18.0 Å². The van der Waals surface area contributed by atoms with E-state index in [1.807, 2.05) is 58.0 Å². The fraction of sp³-hybridized carbons (Fsp3) is 0.375. The maximum atomic E-state index is 12.7. The SMILES string of the molecule is CC1(C)OB(C(=Cc2ccc(N)c(OC(F)(F)F)c2)CNC(=O)OCc2ccccc2)OC1(C)C. The zero-order valence-electron chi connectivity index (χ0n) is 19.9. The minimum atomic E-state index is -4.89. The Bertz CT molecular complexity index is 1060. The quantitative estimate of drug-likeness (QED) is 0.413. The molecular weight excluding hydrogens is 464 g/mol. The maximum Gasteiger partial charge on any atom is 0.573 e. The van der Waals surface area contributed by atoms with Crippen LogP contribution in [-0.4, -0.2) is 37.3 Å². The summed E-state index contributed by atoms with van der Waals surface area (Å²) >= 11 is 0. The average molecular weight is 492 g/mol. The second-order valence-electron chi connectivity index (χ2n) is 9.07. The van der Waals surface area contributed by atoms with Gasteiger partial charge >= 0.3 is 19.6 Å². The number of rotatable bonds is 7. The number of alkyl carbamates (subject to hydrolysis) is 1. The third-order valence-corrected chi connectivity index (χ3v) is 5.82. The van der Waals surface area contributed by atoms with E-state index in [0.717, 1.165) is 11.6 Å². The van der Waals surface area contributed by atoms with E-state index in [0.29, 0.717) is 11.0 Å². The van der Waals surface area contributed by atoms with Crippen LogP contribution in [0.3, 0.4) is 0 Å². The molecule has 0 unspecified atom stereocenters. The predicted molar refractivity (Wildman–Crippen MR) is 126 cm³/mol. The van der Waals surface area contributed by atoms with Crippen LogP contribution in [0.5, 0.6) is 5.75 Å². The molecule has 2 aromatic rings. The molecule has 0 atom stereocenters. The molecule has 7 nitrogen and oxygen atoms in total. The molecule has 0 aromatic heterocycles. The maximum absolute atomic E-state index is 12.7. The summed E-state index contributed by atoms with van der Waals surface area (Å²) in [5, 5.41) is 2.64. The molecule has 0 bridgehead atoms. The fourth-order valence-electron chi connectivity index (χ4n) is 3.21. The van der Waals surface area contributed by atoms with Crippen molar-refractivity contribution in [3.63, 3.8) is 0 Å². The first kappa shape index (κ1) is 26.4. The largest absolute Gasteiger partial charge is 0.573 e. The van der Waals surface area contributed by atoms with Crippen LogP contribution in [0.4, 0.5) is 23.7 Å². The molecule has 2 aromatic carbocycles. The Balaban J connectivity index is 1.80. The van der Waals surface area contributed by atoms with Crippen LogP contribution in [0.25, 0.3) is 6.08 Å². The van der Waals surface area contributed by atoms with Gasteiger partial charge in [0.25, 0.3) is 0 Å². The normalized spacial score (nSPS) is 17.2. The van der Waals surface area contributed by atoms with E-state index in [2.05, 4.69) is 10.1 Å². The second kappa shape index (κ2) is 10.2. The first-order valence-corrected chi connectivity index (χ1v) is 10.9. The fourth-order valence-corrected chi connectivity index (χ4v) is 3.21. The highest BCUT2D eigenvalue weighted by atomic mass is 19.4. The summed E-state index contributed by atoms with van der Waals surface area (Å²) in [6.07, 6.45) is -4.01. The van der Waals surface area contributed by atoms with Crippen LogP contribution in [0.15, 0.2) is 54.0 Å². The molecule has 0 aliphatic carbocycles. The molecule has 0 saturated carbocycles. The van der Waals surface area contributed by atoms with Crippen LogP contribution >= 0.6 is 0 Å². The van der Waals surface area contributed by atoms with E-state index >= 15 is 0 Å². The van der Waals surface area contributed by atoms with Crippen molar-refractivity contribution in [1.29, 1.82) is 0 Å². The van der Waals surface area contributed by atoms with Gasteiger partial charge in [-0.1, -0.05) is 42.5 Å². The molecule has 35 heavy (non-hydrogen) atoms. The molecule has 3 rings (SSSR count). The first-order chi connectivity index (χ1) is 16.3. The van der Waals surface area contributed by atoms with Crippen LogP contribution < -0.4 is 15.8 Å². The molecule has 1 heterocycles. The molecule has 1 fully saturated rings. The number of halogens is 3. The van der Waals surface area contributed by atoms with Crippen LogP contribution in [-0.2, 0) is 20.7 Å². The number of nitrogens with two attached hydrogens (primary N) is 1. The average Bonchev–Trinajstić information content (AvgIpc) is 2.98. The zero-order valence-corrected chi connectivity index (χ0v) is 19.9. The molecule has 1 saturated heterocycles. The van der Waals surface area contributed by atoms with Crippen molar-refractivity contribution in [2.24, 2.45) is 0 Å². The summed E-state index contributed by atoms with van der Waals surface area (Å²) in [5.41, 5.74) is 5.76. The number of benzene rings is 2. The highest BCUT2D eigenvalue weighted by Crippen LogP contribution is 2.39. The monoisotopic (exact) mass is 492 g/mol. The number of anilines is 1. The van der Waals surface area contributed by atoms with Crippen LogP contribution in [0, 0.1) is 0 Å². The van der Waals surface area contributed by atoms with Crippen molar-refractivity contribution in [1.82, 2.24) is 5.32 Å². The summed E-state index contributed by atoms with van der Waals surface area (Å²) in [4.78, 5) is 12.3. The van der Waals surface area contributed by atoms with Gasteiger partial charge in [-0.15, -0.1) is 13.2 Å². The van der Waals surface area contributed by atoms with Crippen molar-refractivity contribution < 1.29 is 36.7 Å². The van der Waals surface area contributed by atoms with Gasteiger partial charge in [0.15, 0.2) is 5.75 Å². The summed E-state index contributed by atoms with van der Waals surface area (Å²) in [6.45, 7) is 7.51. The van der Waals surface area contributed by atoms with Gasteiger partial charge in [0.05, 0.1) is 16.9 Å². The van der Waals surface area contributed by atoms with Gasteiger partial charge < -0.3 is 29.8 Å². The molecule has 0 radical (unpaired) electrons. The van der Waals surface area contributed by atoms with E-state index in [4.69, 9.17) is 19.8 Å². The van der Waals surface area contributed by atoms with E-state index < -0.39 is 36.5 Å². The Morgan fingerprint density at radius 1 is 1.09 bits per heavy atom. The summed E-state index contributed by atoms with van der Waals surface area (Å²) in [5.74, 6) is -0.533. The van der Waals surface area contributed by atoms with Crippen LogP contribution in [0.1, 0.15) is 38.8 Å². The lowest BCUT2D eigenvalue weighted by molar-refractivity contribution is -0.274. The van der Waals surface area contributed by atoms with Gasteiger partial charge in [0, 0.05) is 6.54 Å². The number of hydrogen-bond acceptors (Lipinski definition) is 6. The number of carbonyl (C=O) groups excluding carboxylic acids is 1. The van der Waals surface area contributed by atoms with Gasteiger partial charge in [-0.3, -0.25) is 0 Å². The topological polar surface area (TPSA) is 92.0 Å². The number of nitrogen functional groups attached to an aromatic ring is 1. The third kappa shape index (κ3) is 7.16. The lowest BCUT2D eigenvalue weighted by atomic mass is 9.77. The first-order valence-electron chi connectivity index (χ1n) is 10.9. The van der Waals surface area contributed by atoms with E-state index in [1.54, 1.807) is 6.08 Å². The Labute approximate surface area is 202 Å². The van der Waals surface area contributed by atoms with Gasteiger partial charge in [-0.25, -0.2) is 4.79 Å². The van der Waals surface area contributed by atoms with E-state index in [-0.39, 0.29) is 18.8 Å². The van der Waals surface area contributed by atoms with Gasteiger partial charge in [0.1, 0.15) is 6.61 Å². The molecular formula is C24H28BF3N2O5. The lowest BCUT2D eigenvalue weighted by Crippen LogP contribution is -2.41. The Morgan fingerprint density at radius 2 is 1.71 bits per heavy atom. The highest BCUT2D eigenvalue weighted by Gasteiger charge is 2.52. The number of ether oxygens (including phenoxy) is 2. The van der Waals surface area contributed by atoms with Crippen LogP contribution in [0.2, 0.25) is 0 Å². The van der Waals surface area contributed by atoms with Crippen molar-refractivity contribution >= 4 is 25.0 Å². The second-order valence-corrected chi connectivity index (χ2v) is 9.07. The molecule has 188 valence electrons. The Kier molecular flexibility index (Phi) is 7.71. The number of amides is 1. The number of alkyl halides is 3. The number of nitrogens with one attached hydrogen (secondary N) is 1. The van der Waals surface area contributed by atoms with Crippen molar-refractivity contribution in [2.75, 3.05) is 12.3 Å². The Hall–Kier alpha value is -3.18. The number of carbonyl (C=O) groups is 1.